The highest BCUT2D eigenvalue weighted by Crippen LogP contribution is 2.00. The molecule has 6 nitrogen and oxygen atoms in total. The van der Waals surface area contributed by atoms with Crippen LogP contribution in [0.15, 0.2) is 0 Å². The fourth-order valence-corrected chi connectivity index (χ4v) is 1.08. The molecule has 0 radical (unpaired) electrons. The van der Waals surface area contributed by atoms with Crippen LogP contribution >= 0.6 is 0 Å². The van der Waals surface area contributed by atoms with Gasteiger partial charge in [-0.25, -0.2) is 0 Å². The summed E-state index contributed by atoms with van der Waals surface area (Å²) in [7, 11) is 0. The lowest BCUT2D eigenvalue weighted by atomic mass is 10.1. The maximum atomic E-state index is 11.4. The van der Waals surface area contributed by atoms with Gasteiger partial charge in [-0.3, -0.25) is 14.4 Å². The van der Waals surface area contributed by atoms with Gasteiger partial charge in [0.15, 0.2) is 0 Å². The molecule has 0 fully saturated rings. The Morgan fingerprint density at radius 1 is 1.12 bits per heavy atom. The number of carboxylic acids is 1. The Balaban J connectivity index is 3.93. The van der Waals surface area contributed by atoms with Gasteiger partial charge in [-0.15, -0.1) is 0 Å². The highest BCUT2D eigenvalue weighted by Gasteiger charge is 2.17. The van der Waals surface area contributed by atoms with Crippen LogP contribution in [0.4, 0.5) is 0 Å². The van der Waals surface area contributed by atoms with Crippen molar-refractivity contribution in [2.45, 2.75) is 52.1 Å². The van der Waals surface area contributed by atoms with E-state index < -0.39 is 17.9 Å². The Hall–Kier alpha value is -1.59. The molecule has 17 heavy (non-hydrogen) atoms. The van der Waals surface area contributed by atoms with E-state index in [1.807, 2.05) is 20.8 Å². The first-order valence-electron chi connectivity index (χ1n) is 5.45. The zero-order chi connectivity index (χ0) is 13.6. The number of nitrogens with one attached hydrogen (secondary N) is 2. The van der Waals surface area contributed by atoms with Crippen LogP contribution in [0.5, 0.6) is 0 Å². The van der Waals surface area contributed by atoms with Crippen molar-refractivity contribution in [3.05, 3.63) is 0 Å². The molecule has 1 unspecified atom stereocenters. The van der Waals surface area contributed by atoms with Crippen LogP contribution in [-0.4, -0.2) is 34.5 Å². The van der Waals surface area contributed by atoms with Crippen molar-refractivity contribution in [2.75, 3.05) is 0 Å². The molecule has 0 heterocycles. The van der Waals surface area contributed by atoms with E-state index in [4.69, 9.17) is 5.11 Å². The van der Waals surface area contributed by atoms with Crippen LogP contribution in [-0.2, 0) is 14.4 Å². The topological polar surface area (TPSA) is 95.5 Å². The van der Waals surface area contributed by atoms with Gasteiger partial charge in [0.25, 0.3) is 0 Å². The summed E-state index contributed by atoms with van der Waals surface area (Å²) in [6.07, 6.45) is 0.0367. The molecular weight excluding hydrogens is 224 g/mol. The summed E-state index contributed by atoms with van der Waals surface area (Å²) < 4.78 is 0. The molecule has 0 aromatic rings. The van der Waals surface area contributed by atoms with E-state index in [9.17, 15) is 14.4 Å². The zero-order valence-corrected chi connectivity index (χ0v) is 10.7. The SMILES string of the molecule is CC(NC(=O)CCC(=O)NC(C)(C)C)C(=O)O. The van der Waals surface area contributed by atoms with Gasteiger partial charge in [-0.05, 0) is 27.7 Å². The van der Waals surface area contributed by atoms with Crippen molar-refractivity contribution < 1.29 is 19.5 Å². The molecule has 0 aliphatic heterocycles. The number of carbonyl (C=O) groups is 3. The van der Waals surface area contributed by atoms with E-state index in [1.165, 1.54) is 6.92 Å². The van der Waals surface area contributed by atoms with Crippen LogP contribution < -0.4 is 10.6 Å². The van der Waals surface area contributed by atoms with Crippen LogP contribution in [0.1, 0.15) is 40.5 Å². The summed E-state index contributed by atoms with van der Waals surface area (Å²) in [5.41, 5.74) is -0.331. The number of hydrogen-bond acceptors (Lipinski definition) is 3. The first kappa shape index (κ1) is 15.4. The van der Waals surface area contributed by atoms with Crippen molar-refractivity contribution in [2.24, 2.45) is 0 Å². The Bertz CT molecular complexity index is 307. The molecule has 0 rings (SSSR count). The molecular formula is C11H20N2O4. The van der Waals surface area contributed by atoms with Crippen LogP contribution in [0.25, 0.3) is 0 Å². The Morgan fingerprint density at radius 3 is 2.00 bits per heavy atom. The molecule has 1 atom stereocenters. The smallest absolute Gasteiger partial charge is 0.325 e. The average Bonchev–Trinajstić information content (AvgIpc) is 2.11. The number of carboxylic acid groups (broad SMARTS) is 1. The molecule has 0 aromatic heterocycles. The van der Waals surface area contributed by atoms with Gasteiger partial charge in [0.2, 0.25) is 11.8 Å². The summed E-state index contributed by atoms with van der Waals surface area (Å²) in [5, 5.41) is 13.6. The van der Waals surface area contributed by atoms with Crippen LogP contribution in [0, 0.1) is 0 Å². The third kappa shape index (κ3) is 8.24. The molecule has 0 aliphatic carbocycles. The quantitative estimate of drug-likeness (QED) is 0.647. The molecule has 0 aromatic carbocycles. The van der Waals surface area contributed by atoms with Crippen molar-refractivity contribution >= 4 is 17.8 Å². The van der Waals surface area contributed by atoms with Gasteiger partial charge >= 0.3 is 5.97 Å². The Labute approximate surface area is 101 Å². The summed E-state index contributed by atoms with van der Waals surface area (Å²) in [4.78, 5) is 33.1. The molecule has 2 amide bonds. The average molecular weight is 244 g/mol. The normalized spacial score (nSPS) is 12.7. The molecule has 0 saturated carbocycles. The van der Waals surface area contributed by atoms with Crippen molar-refractivity contribution in [3.63, 3.8) is 0 Å². The number of carbonyl (C=O) groups excluding carboxylic acids is 2. The highest BCUT2D eigenvalue weighted by atomic mass is 16.4. The summed E-state index contributed by atoms with van der Waals surface area (Å²) in [6.45, 7) is 6.90. The van der Waals surface area contributed by atoms with E-state index in [1.54, 1.807) is 0 Å². The first-order chi connectivity index (χ1) is 7.61. The van der Waals surface area contributed by atoms with Crippen molar-refractivity contribution in [3.8, 4) is 0 Å². The molecule has 98 valence electrons. The summed E-state index contributed by atoms with van der Waals surface area (Å²) >= 11 is 0. The maximum absolute atomic E-state index is 11.4. The highest BCUT2D eigenvalue weighted by molar-refractivity contribution is 5.86. The van der Waals surface area contributed by atoms with E-state index in [-0.39, 0.29) is 24.3 Å². The summed E-state index contributed by atoms with van der Waals surface area (Å²) in [5.74, 6) is -1.77. The number of aliphatic carboxylic acids is 1. The molecule has 0 spiro atoms. The van der Waals surface area contributed by atoms with Crippen LogP contribution in [0.2, 0.25) is 0 Å². The van der Waals surface area contributed by atoms with Gasteiger partial charge in [0.1, 0.15) is 6.04 Å². The second-order valence-corrected chi connectivity index (χ2v) is 4.93. The van der Waals surface area contributed by atoms with E-state index in [0.717, 1.165) is 0 Å². The molecule has 0 aliphatic rings. The van der Waals surface area contributed by atoms with Gasteiger partial charge in [0.05, 0.1) is 0 Å². The summed E-state index contributed by atoms with van der Waals surface area (Å²) in [6, 6.07) is -0.937. The third-order valence-corrected chi connectivity index (χ3v) is 1.84. The second kappa shape index (κ2) is 6.22. The fraction of sp³-hybridized carbons (Fsp3) is 0.727. The van der Waals surface area contributed by atoms with Crippen LogP contribution in [0.3, 0.4) is 0 Å². The largest absolute Gasteiger partial charge is 0.480 e. The molecule has 3 N–H and O–H groups in total. The zero-order valence-electron chi connectivity index (χ0n) is 10.7. The minimum Gasteiger partial charge on any atom is -0.480 e. The second-order valence-electron chi connectivity index (χ2n) is 4.93. The number of rotatable bonds is 5. The van der Waals surface area contributed by atoms with Gasteiger partial charge in [0, 0.05) is 18.4 Å². The Kier molecular flexibility index (Phi) is 5.64. The fourth-order valence-electron chi connectivity index (χ4n) is 1.08. The van der Waals surface area contributed by atoms with Gasteiger partial charge in [-0.1, -0.05) is 0 Å². The van der Waals surface area contributed by atoms with E-state index in [2.05, 4.69) is 10.6 Å². The monoisotopic (exact) mass is 244 g/mol. The number of hydrogen-bond donors (Lipinski definition) is 3. The molecule has 0 saturated heterocycles. The van der Waals surface area contributed by atoms with Crippen molar-refractivity contribution in [1.82, 2.24) is 10.6 Å². The standard InChI is InChI=1S/C11H20N2O4/c1-7(10(16)17)12-8(14)5-6-9(15)13-11(2,3)4/h7H,5-6H2,1-4H3,(H,12,14)(H,13,15)(H,16,17). The maximum Gasteiger partial charge on any atom is 0.325 e. The first-order valence-corrected chi connectivity index (χ1v) is 5.45. The minimum absolute atomic E-state index is 0.0144. The van der Waals surface area contributed by atoms with Gasteiger partial charge in [-0.2, -0.15) is 0 Å². The predicted octanol–water partition coefficient (Wildman–Crippen LogP) is 0.271. The molecule has 6 heteroatoms. The lowest BCUT2D eigenvalue weighted by molar-refractivity contribution is -0.141. The Morgan fingerprint density at radius 2 is 1.59 bits per heavy atom. The van der Waals surface area contributed by atoms with Gasteiger partial charge < -0.3 is 15.7 Å². The minimum atomic E-state index is -1.10. The van der Waals surface area contributed by atoms with E-state index in [0.29, 0.717) is 0 Å². The lowest BCUT2D eigenvalue weighted by Gasteiger charge is -2.20. The third-order valence-electron chi connectivity index (χ3n) is 1.84. The lowest BCUT2D eigenvalue weighted by Crippen LogP contribution is -2.42. The molecule has 0 bridgehead atoms. The number of amides is 2. The van der Waals surface area contributed by atoms with Crippen molar-refractivity contribution in [1.29, 1.82) is 0 Å². The predicted molar refractivity (Wildman–Crippen MR) is 62.4 cm³/mol. The van der Waals surface area contributed by atoms with E-state index >= 15 is 0 Å².